The van der Waals surface area contributed by atoms with Gasteiger partial charge in [-0.2, -0.15) is 0 Å². The van der Waals surface area contributed by atoms with Gasteiger partial charge in [-0.1, -0.05) is 0 Å². The molecule has 0 N–H and O–H groups in total. The molecule has 0 unspecified atom stereocenters. The zero-order valence-corrected chi connectivity index (χ0v) is 12.4. The van der Waals surface area contributed by atoms with Gasteiger partial charge in [-0.05, 0) is 42.7 Å². The lowest BCUT2D eigenvalue weighted by molar-refractivity contribution is 0.0983. The monoisotopic (exact) mass is 321 g/mol. The molecule has 0 aliphatic carbocycles. The second-order valence-electron chi connectivity index (χ2n) is 5.31. The van der Waals surface area contributed by atoms with Crippen LogP contribution in [0.25, 0.3) is 0 Å². The number of carbonyl (C=O) groups excluding carboxylic acids is 1. The maximum absolute atomic E-state index is 14.1. The molecule has 0 bridgehead atoms. The van der Waals surface area contributed by atoms with E-state index in [0.29, 0.717) is 24.9 Å². The number of amides is 1. The molecule has 120 valence electrons. The number of anilines is 1. The van der Waals surface area contributed by atoms with Crippen molar-refractivity contribution < 1.29 is 22.7 Å². The molecule has 3 nitrogen and oxygen atoms in total. The van der Waals surface area contributed by atoms with E-state index >= 15 is 0 Å². The highest BCUT2D eigenvalue weighted by Crippen LogP contribution is 2.32. The predicted molar refractivity (Wildman–Crippen MR) is 79.3 cm³/mol. The van der Waals surface area contributed by atoms with Gasteiger partial charge in [0.05, 0.1) is 12.8 Å². The Balaban J connectivity index is 2.01. The summed E-state index contributed by atoms with van der Waals surface area (Å²) < 4.78 is 46.1. The molecule has 0 radical (unpaired) electrons. The molecule has 0 saturated carbocycles. The van der Waals surface area contributed by atoms with Crippen LogP contribution in [0, 0.1) is 17.5 Å². The number of hydrogen-bond donors (Lipinski definition) is 0. The zero-order valence-electron chi connectivity index (χ0n) is 12.4. The topological polar surface area (TPSA) is 29.5 Å². The van der Waals surface area contributed by atoms with Crippen molar-refractivity contribution in [1.82, 2.24) is 0 Å². The molecule has 23 heavy (non-hydrogen) atoms. The molecule has 0 saturated heterocycles. The Kier molecular flexibility index (Phi) is 3.98. The lowest BCUT2D eigenvalue weighted by Gasteiger charge is -2.30. The van der Waals surface area contributed by atoms with Gasteiger partial charge in [-0.3, -0.25) is 4.79 Å². The summed E-state index contributed by atoms with van der Waals surface area (Å²) >= 11 is 0. The minimum absolute atomic E-state index is 0.0221. The largest absolute Gasteiger partial charge is 0.494 e. The Morgan fingerprint density at radius 2 is 1.91 bits per heavy atom. The molecule has 0 atom stereocenters. The molecule has 1 heterocycles. The summed E-state index contributed by atoms with van der Waals surface area (Å²) in [5.41, 5.74) is 0.592. The molecule has 0 spiro atoms. The van der Waals surface area contributed by atoms with Crippen LogP contribution in [-0.2, 0) is 6.42 Å². The quantitative estimate of drug-likeness (QED) is 0.844. The van der Waals surface area contributed by atoms with E-state index in [1.54, 1.807) is 0 Å². The highest BCUT2D eigenvalue weighted by molar-refractivity contribution is 6.06. The van der Waals surface area contributed by atoms with Crippen molar-refractivity contribution in [2.24, 2.45) is 0 Å². The van der Waals surface area contributed by atoms with Crippen molar-refractivity contribution in [3.8, 4) is 5.75 Å². The molecule has 1 aliphatic heterocycles. The number of hydrogen-bond acceptors (Lipinski definition) is 2. The summed E-state index contributed by atoms with van der Waals surface area (Å²) in [5.74, 6) is -2.64. The van der Waals surface area contributed by atoms with Crippen molar-refractivity contribution in [1.29, 1.82) is 0 Å². The zero-order chi connectivity index (χ0) is 16.6. The number of methoxy groups -OCH3 is 1. The fourth-order valence-electron chi connectivity index (χ4n) is 2.81. The summed E-state index contributed by atoms with van der Waals surface area (Å²) in [4.78, 5) is 13.8. The van der Waals surface area contributed by atoms with Crippen LogP contribution in [0.1, 0.15) is 22.3 Å². The van der Waals surface area contributed by atoms with E-state index in [9.17, 15) is 18.0 Å². The van der Waals surface area contributed by atoms with E-state index in [1.807, 2.05) is 0 Å². The van der Waals surface area contributed by atoms with Crippen molar-refractivity contribution in [2.45, 2.75) is 12.8 Å². The summed E-state index contributed by atoms with van der Waals surface area (Å²) in [5, 5.41) is 0. The van der Waals surface area contributed by atoms with Crippen LogP contribution in [-0.4, -0.2) is 19.6 Å². The number of aryl methyl sites for hydroxylation is 1. The fourth-order valence-corrected chi connectivity index (χ4v) is 2.81. The van der Waals surface area contributed by atoms with Gasteiger partial charge in [-0.15, -0.1) is 0 Å². The van der Waals surface area contributed by atoms with Crippen molar-refractivity contribution >= 4 is 11.6 Å². The lowest BCUT2D eigenvalue weighted by atomic mass is 10.00. The molecular weight excluding hydrogens is 307 g/mol. The van der Waals surface area contributed by atoms with Gasteiger partial charge in [0.1, 0.15) is 11.6 Å². The van der Waals surface area contributed by atoms with Crippen molar-refractivity contribution in [2.75, 3.05) is 18.6 Å². The molecule has 2 aromatic carbocycles. The summed E-state index contributed by atoms with van der Waals surface area (Å²) in [6.07, 6.45) is 1.07. The SMILES string of the molecule is COc1ccc(C(=O)N2CCCc3cc(F)cc(F)c32)cc1F. The first kappa shape index (κ1) is 15.4. The molecular formula is C17H14F3NO2. The van der Waals surface area contributed by atoms with Crippen molar-refractivity contribution in [3.63, 3.8) is 0 Å². The average molecular weight is 321 g/mol. The number of ether oxygens (including phenoxy) is 1. The van der Waals surface area contributed by atoms with E-state index in [1.165, 1.54) is 30.2 Å². The van der Waals surface area contributed by atoms with Crippen LogP contribution in [0.4, 0.5) is 18.9 Å². The second-order valence-corrected chi connectivity index (χ2v) is 5.31. The standard InChI is InChI=1S/C17H14F3NO2/c1-23-15-5-4-11(8-13(15)19)17(22)21-6-2-3-10-7-12(18)9-14(20)16(10)21/h4-5,7-9H,2-3,6H2,1H3. The second kappa shape index (κ2) is 5.95. The van der Waals surface area contributed by atoms with E-state index in [0.717, 1.165) is 12.1 Å². The Labute approximate surface area is 131 Å². The summed E-state index contributed by atoms with van der Waals surface area (Å²) in [6.45, 7) is 0.294. The minimum atomic E-state index is -0.790. The third-order valence-corrected chi connectivity index (χ3v) is 3.85. The Morgan fingerprint density at radius 1 is 1.13 bits per heavy atom. The lowest BCUT2D eigenvalue weighted by Crippen LogP contribution is -2.36. The molecule has 0 fully saturated rings. The number of fused-ring (bicyclic) bond motifs is 1. The van der Waals surface area contributed by atoms with Crippen LogP contribution in [0.15, 0.2) is 30.3 Å². The molecule has 6 heteroatoms. The van der Waals surface area contributed by atoms with E-state index in [-0.39, 0.29) is 17.0 Å². The van der Waals surface area contributed by atoms with Gasteiger partial charge in [0, 0.05) is 18.2 Å². The average Bonchev–Trinajstić information content (AvgIpc) is 2.53. The van der Waals surface area contributed by atoms with Gasteiger partial charge in [0.15, 0.2) is 11.6 Å². The smallest absolute Gasteiger partial charge is 0.258 e. The number of carbonyl (C=O) groups is 1. The molecule has 0 aromatic heterocycles. The van der Waals surface area contributed by atoms with E-state index in [4.69, 9.17) is 4.74 Å². The van der Waals surface area contributed by atoms with E-state index in [2.05, 4.69) is 0 Å². The minimum Gasteiger partial charge on any atom is -0.494 e. The van der Waals surface area contributed by atoms with Crippen LogP contribution in [0.3, 0.4) is 0 Å². The highest BCUT2D eigenvalue weighted by atomic mass is 19.1. The highest BCUT2D eigenvalue weighted by Gasteiger charge is 2.27. The predicted octanol–water partition coefficient (Wildman–Crippen LogP) is 3.71. The maximum Gasteiger partial charge on any atom is 0.258 e. The molecule has 1 aliphatic rings. The van der Waals surface area contributed by atoms with Crippen molar-refractivity contribution in [3.05, 3.63) is 58.9 Å². The Bertz CT molecular complexity index is 777. The van der Waals surface area contributed by atoms with Gasteiger partial charge < -0.3 is 9.64 Å². The van der Waals surface area contributed by atoms with Crippen LogP contribution >= 0.6 is 0 Å². The van der Waals surface area contributed by atoms with E-state index < -0.39 is 23.4 Å². The fraction of sp³-hybridized carbons (Fsp3) is 0.235. The number of benzene rings is 2. The van der Waals surface area contributed by atoms with Gasteiger partial charge in [0.2, 0.25) is 0 Å². The number of nitrogens with zero attached hydrogens (tertiary/aromatic N) is 1. The Morgan fingerprint density at radius 3 is 2.61 bits per heavy atom. The normalized spacial score (nSPS) is 13.7. The van der Waals surface area contributed by atoms with Gasteiger partial charge >= 0.3 is 0 Å². The maximum atomic E-state index is 14.1. The Hall–Kier alpha value is -2.50. The summed E-state index contributed by atoms with van der Waals surface area (Å²) in [7, 11) is 1.32. The van der Waals surface area contributed by atoms with Crippen LogP contribution in [0.5, 0.6) is 5.75 Å². The number of rotatable bonds is 2. The summed E-state index contributed by atoms with van der Waals surface area (Å²) in [6, 6.07) is 5.79. The third kappa shape index (κ3) is 2.76. The van der Waals surface area contributed by atoms with Crippen LogP contribution in [0.2, 0.25) is 0 Å². The first-order valence-corrected chi connectivity index (χ1v) is 7.14. The molecule has 3 rings (SSSR count). The number of halogens is 3. The third-order valence-electron chi connectivity index (χ3n) is 3.85. The molecule has 2 aromatic rings. The van der Waals surface area contributed by atoms with Gasteiger partial charge in [0.25, 0.3) is 5.91 Å². The van der Waals surface area contributed by atoms with Crippen LogP contribution < -0.4 is 9.64 Å². The van der Waals surface area contributed by atoms with Gasteiger partial charge in [-0.25, -0.2) is 13.2 Å². The molecule has 1 amide bonds. The first-order valence-electron chi connectivity index (χ1n) is 7.14. The first-order chi connectivity index (χ1) is 11.0.